The summed E-state index contributed by atoms with van der Waals surface area (Å²) in [6.45, 7) is 4.56. The smallest absolute Gasteiger partial charge is 0.224 e. The maximum atomic E-state index is 12.3. The molecule has 0 aromatic rings. The van der Waals surface area contributed by atoms with Crippen LogP contribution in [0.5, 0.6) is 0 Å². The fourth-order valence-corrected chi connectivity index (χ4v) is 2.77. The van der Waals surface area contributed by atoms with Crippen LogP contribution in [0.2, 0.25) is 0 Å². The number of carbonyl (C=O) groups is 2. The summed E-state index contributed by atoms with van der Waals surface area (Å²) in [4.78, 5) is 25.4. The van der Waals surface area contributed by atoms with E-state index in [9.17, 15) is 9.59 Å². The molecule has 0 saturated carbocycles. The number of ether oxygens (including phenoxy) is 1. The van der Waals surface area contributed by atoms with Gasteiger partial charge in [-0.2, -0.15) is 0 Å². The number of nitrogens with zero attached hydrogens (tertiary/aromatic N) is 1. The molecule has 2 fully saturated rings. The summed E-state index contributed by atoms with van der Waals surface area (Å²) in [6, 6.07) is 0.273. The summed E-state index contributed by atoms with van der Waals surface area (Å²) in [7, 11) is 0. The van der Waals surface area contributed by atoms with Crippen LogP contribution in [0.25, 0.3) is 0 Å². The van der Waals surface area contributed by atoms with E-state index >= 15 is 0 Å². The number of rotatable bonds is 3. The molecule has 3 unspecified atom stereocenters. The fourth-order valence-electron chi connectivity index (χ4n) is 2.77. The molecule has 0 radical (unpaired) electrons. The van der Waals surface area contributed by atoms with E-state index in [1.54, 1.807) is 4.90 Å². The summed E-state index contributed by atoms with van der Waals surface area (Å²) in [5, 5.41) is 3.27. The number of nitrogens with two attached hydrogens (primary N) is 1. The average Bonchev–Trinajstić information content (AvgIpc) is 2.40. The molecule has 0 aromatic heterocycles. The molecule has 6 nitrogen and oxygen atoms in total. The molecule has 2 heterocycles. The normalized spacial score (nSPS) is 30.4. The Bertz CT molecular complexity index is 348. The van der Waals surface area contributed by atoms with Crippen LogP contribution >= 0.6 is 12.4 Å². The van der Waals surface area contributed by atoms with Gasteiger partial charge in [-0.3, -0.25) is 9.59 Å². The number of carbonyl (C=O) groups excluding carboxylic acids is 2. The molecular weight excluding hydrogens is 282 g/mol. The third kappa shape index (κ3) is 4.33. The molecule has 0 aliphatic carbocycles. The van der Waals surface area contributed by atoms with Gasteiger partial charge in [0, 0.05) is 31.6 Å². The van der Waals surface area contributed by atoms with E-state index in [-0.39, 0.29) is 42.2 Å². The first-order chi connectivity index (χ1) is 9.08. The van der Waals surface area contributed by atoms with Crippen LogP contribution in [-0.2, 0) is 14.3 Å². The second-order valence-corrected chi connectivity index (χ2v) is 5.50. The van der Waals surface area contributed by atoms with Gasteiger partial charge in [-0.05, 0) is 19.8 Å². The minimum atomic E-state index is -0.302. The molecule has 0 aromatic carbocycles. The van der Waals surface area contributed by atoms with Gasteiger partial charge in [-0.1, -0.05) is 0 Å². The lowest BCUT2D eigenvalue weighted by Crippen LogP contribution is -2.51. The topological polar surface area (TPSA) is 84.7 Å². The van der Waals surface area contributed by atoms with Gasteiger partial charge in [0.05, 0.1) is 19.1 Å². The van der Waals surface area contributed by atoms with Crippen molar-refractivity contribution in [3.05, 3.63) is 0 Å². The Morgan fingerprint density at radius 2 is 2.15 bits per heavy atom. The highest BCUT2D eigenvalue weighted by atomic mass is 35.5. The van der Waals surface area contributed by atoms with Crippen molar-refractivity contribution in [2.75, 3.05) is 26.3 Å². The van der Waals surface area contributed by atoms with Crippen molar-refractivity contribution in [3.63, 3.8) is 0 Å². The SMILES string of the molecule is CC1CCC(C(N)=O)CN1C(=O)CC1COCCN1.Cl. The number of halogens is 1. The highest BCUT2D eigenvalue weighted by Gasteiger charge is 2.32. The third-order valence-corrected chi connectivity index (χ3v) is 4.02. The summed E-state index contributed by atoms with van der Waals surface area (Å²) in [5.41, 5.74) is 5.35. The van der Waals surface area contributed by atoms with Gasteiger partial charge in [0.1, 0.15) is 0 Å². The summed E-state index contributed by atoms with van der Waals surface area (Å²) >= 11 is 0. The van der Waals surface area contributed by atoms with Crippen LogP contribution in [0.1, 0.15) is 26.2 Å². The van der Waals surface area contributed by atoms with Gasteiger partial charge in [-0.15, -0.1) is 12.4 Å². The molecule has 7 heteroatoms. The van der Waals surface area contributed by atoms with E-state index in [0.717, 1.165) is 19.4 Å². The van der Waals surface area contributed by atoms with Gasteiger partial charge in [0.15, 0.2) is 0 Å². The van der Waals surface area contributed by atoms with Crippen LogP contribution in [0, 0.1) is 5.92 Å². The van der Waals surface area contributed by atoms with Crippen molar-refractivity contribution < 1.29 is 14.3 Å². The summed E-state index contributed by atoms with van der Waals surface area (Å²) in [6.07, 6.45) is 2.05. The molecule has 2 saturated heterocycles. The van der Waals surface area contributed by atoms with Gasteiger partial charge in [0.25, 0.3) is 0 Å². The molecule has 116 valence electrons. The zero-order chi connectivity index (χ0) is 13.8. The number of primary amides is 1. The maximum absolute atomic E-state index is 12.3. The second kappa shape index (κ2) is 7.81. The molecule has 0 bridgehead atoms. The first-order valence-electron chi connectivity index (χ1n) is 6.98. The van der Waals surface area contributed by atoms with E-state index in [0.29, 0.717) is 26.2 Å². The number of morpholine rings is 1. The van der Waals surface area contributed by atoms with E-state index in [4.69, 9.17) is 10.5 Å². The highest BCUT2D eigenvalue weighted by Crippen LogP contribution is 2.22. The Morgan fingerprint density at radius 1 is 1.40 bits per heavy atom. The molecule has 0 spiro atoms. The van der Waals surface area contributed by atoms with Crippen molar-refractivity contribution in [1.29, 1.82) is 0 Å². The first kappa shape index (κ1) is 17.2. The van der Waals surface area contributed by atoms with Crippen LogP contribution < -0.4 is 11.1 Å². The Morgan fingerprint density at radius 3 is 2.75 bits per heavy atom. The van der Waals surface area contributed by atoms with E-state index in [1.165, 1.54) is 0 Å². The van der Waals surface area contributed by atoms with Crippen molar-refractivity contribution >= 4 is 24.2 Å². The Balaban J connectivity index is 0.00000200. The van der Waals surface area contributed by atoms with Gasteiger partial charge in [0.2, 0.25) is 11.8 Å². The number of hydrogen-bond donors (Lipinski definition) is 2. The molecule has 2 aliphatic rings. The minimum absolute atomic E-state index is 0. The predicted octanol–water partition coefficient (Wildman–Crippen LogP) is -0.101. The average molecular weight is 306 g/mol. The fraction of sp³-hybridized carbons (Fsp3) is 0.846. The predicted molar refractivity (Wildman–Crippen MR) is 77.6 cm³/mol. The van der Waals surface area contributed by atoms with Gasteiger partial charge >= 0.3 is 0 Å². The van der Waals surface area contributed by atoms with Crippen molar-refractivity contribution in [3.8, 4) is 0 Å². The standard InChI is InChI=1S/C13H23N3O3.ClH/c1-9-2-3-10(13(14)18)7-16(9)12(17)6-11-8-19-5-4-15-11;/h9-11,15H,2-8H2,1H3,(H2,14,18);1H. The summed E-state index contributed by atoms with van der Waals surface area (Å²) in [5.74, 6) is -0.416. The molecule has 3 N–H and O–H groups in total. The summed E-state index contributed by atoms with van der Waals surface area (Å²) < 4.78 is 5.35. The zero-order valence-corrected chi connectivity index (χ0v) is 12.7. The molecule has 3 atom stereocenters. The number of hydrogen-bond acceptors (Lipinski definition) is 4. The second-order valence-electron chi connectivity index (χ2n) is 5.50. The molecule has 2 aliphatic heterocycles. The first-order valence-corrected chi connectivity index (χ1v) is 6.98. The number of piperidine rings is 1. The maximum Gasteiger partial charge on any atom is 0.224 e. The highest BCUT2D eigenvalue weighted by molar-refractivity contribution is 5.85. The van der Waals surface area contributed by atoms with Crippen molar-refractivity contribution in [2.45, 2.75) is 38.3 Å². The molecular formula is C13H24ClN3O3. The van der Waals surface area contributed by atoms with E-state index < -0.39 is 0 Å². The lowest BCUT2D eigenvalue weighted by molar-refractivity contribution is -0.138. The van der Waals surface area contributed by atoms with Crippen molar-refractivity contribution in [2.24, 2.45) is 11.7 Å². The number of likely N-dealkylation sites (tertiary alicyclic amines) is 1. The van der Waals surface area contributed by atoms with Crippen molar-refractivity contribution in [1.82, 2.24) is 10.2 Å². The Labute approximate surface area is 125 Å². The quantitative estimate of drug-likeness (QED) is 0.762. The van der Waals surface area contributed by atoms with Crippen LogP contribution in [-0.4, -0.2) is 55.1 Å². The molecule has 20 heavy (non-hydrogen) atoms. The van der Waals surface area contributed by atoms with E-state index in [2.05, 4.69) is 5.32 Å². The largest absolute Gasteiger partial charge is 0.378 e. The number of nitrogens with one attached hydrogen (secondary N) is 1. The monoisotopic (exact) mass is 305 g/mol. The Hall–Kier alpha value is -0.850. The van der Waals surface area contributed by atoms with E-state index in [1.807, 2.05) is 6.92 Å². The van der Waals surface area contributed by atoms with Crippen LogP contribution in [0.3, 0.4) is 0 Å². The minimum Gasteiger partial charge on any atom is -0.378 e. The van der Waals surface area contributed by atoms with Crippen LogP contribution in [0.15, 0.2) is 0 Å². The molecule has 2 amide bonds. The lowest BCUT2D eigenvalue weighted by atomic mass is 9.92. The zero-order valence-electron chi connectivity index (χ0n) is 11.8. The third-order valence-electron chi connectivity index (χ3n) is 4.02. The number of amides is 2. The Kier molecular flexibility index (Phi) is 6.71. The van der Waals surface area contributed by atoms with Crippen LogP contribution in [0.4, 0.5) is 0 Å². The molecule has 2 rings (SSSR count). The lowest BCUT2D eigenvalue weighted by Gasteiger charge is -2.38. The van der Waals surface area contributed by atoms with Gasteiger partial charge < -0.3 is 20.7 Å². The van der Waals surface area contributed by atoms with Gasteiger partial charge in [-0.25, -0.2) is 0 Å².